The summed E-state index contributed by atoms with van der Waals surface area (Å²) in [6, 6.07) is 12.0. The van der Waals surface area contributed by atoms with Gasteiger partial charge in [0.05, 0.1) is 24.9 Å². The van der Waals surface area contributed by atoms with Gasteiger partial charge in [-0.15, -0.1) is 0 Å². The molecule has 2 aromatic carbocycles. The fourth-order valence-electron chi connectivity index (χ4n) is 2.71. The molecule has 0 bridgehead atoms. The third-order valence-electron chi connectivity index (χ3n) is 4.26. The van der Waals surface area contributed by atoms with Crippen molar-refractivity contribution in [3.63, 3.8) is 0 Å². The third-order valence-corrected chi connectivity index (χ3v) is 4.51. The molecule has 1 saturated heterocycles. The number of anilines is 2. The van der Waals surface area contributed by atoms with Crippen LogP contribution in [-0.2, 0) is 4.79 Å². The maximum atomic E-state index is 12.6. The first-order valence-corrected chi connectivity index (χ1v) is 9.58. The molecule has 0 atom stereocenters. The van der Waals surface area contributed by atoms with Gasteiger partial charge in [-0.3, -0.25) is 15.6 Å². The minimum Gasteiger partial charge on any atom is -0.493 e. The summed E-state index contributed by atoms with van der Waals surface area (Å²) in [5.41, 5.74) is 3.22. The highest BCUT2D eigenvalue weighted by molar-refractivity contribution is 6.72. The smallest absolute Gasteiger partial charge is 0.278 e. The van der Waals surface area contributed by atoms with Crippen LogP contribution < -0.4 is 19.8 Å². The van der Waals surface area contributed by atoms with Gasteiger partial charge in [-0.05, 0) is 50.2 Å². The van der Waals surface area contributed by atoms with Gasteiger partial charge in [0.15, 0.2) is 11.5 Å². The second-order valence-electron chi connectivity index (χ2n) is 7.38. The molecule has 0 unspecified atom stereocenters. The Kier molecular flexibility index (Phi) is 6.28. The minimum absolute atomic E-state index is 0.0865. The van der Waals surface area contributed by atoms with E-state index in [0.29, 0.717) is 33.6 Å². The Morgan fingerprint density at radius 1 is 1.23 bits per heavy atom. The number of hydrogen-bond acceptors (Lipinski definition) is 7. The van der Waals surface area contributed by atoms with Crippen LogP contribution in [0.1, 0.15) is 13.8 Å². The molecule has 0 aromatic heterocycles. The Morgan fingerprint density at radius 3 is 2.57 bits per heavy atom. The molecule has 9 heteroatoms. The van der Waals surface area contributed by atoms with Gasteiger partial charge in [-0.2, -0.15) is 5.10 Å². The molecule has 3 rings (SSSR count). The molecule has 1 aliphatic heterocycles. The lowest BCUT2D eigenvalue weighted by atomic mass is 10.2. The molecule has 30 heavy (non-hydrogen) atoms. The molecule has 0 saturated carbocycles. The number of methoxy groups -OCH3 is 1. The number of benzene rings is 2. The molecule has 0 spiro atoms. The molecule has 158 valence electrons. The fraction of sp³-hybridized carbons (Fsp3) is 0.286. The van der Waals surface area contributed by atoms with Crippen LogP contribution in [0, 0.1) is 5.41 Å². The standard InChI is InChI=1S/C21H23ClN4O4/c1-21(2,28)12-30-17-9-8-15(10-18(17)29-3)26-11-16(19(23)20(26)27)25-24-14-6-4-13(22)5-7-14/h4-10,23-24,28H,11-12H2,1-3H3. The molecule has 1 aliphatic rings. The highest BCUT2D eigenvalue weighted by atomic mass is 35.5. The van der Waals surface area contributed by atoms with Gasteiger partial charge in [0.2, 0.25) is 0 Å². The number of carbonyl (C=O) groups excluding carboxylic acids is 1. The predicted molar refractivity (Wildman–Crippen MR) is 117 cm³/mol. The van der Waals surface area contributed by atoms with Crippen LogP contribution >= 0.6 is 11.6 Å². The zero-order valence-corrected chi connectivity index (χ0v) is 17.7. The van der Waals surface area contributed by atoms with Crippen LogP contribution in [0.25, 0.3) is 0 Å². The van der Waals surface area contributed by atoms with Crippen molar-refractivity contribution in [1.29, 1.82) is 5.41 Å². The molecular formula is C21H23ClN4O4. The van der Waals surface area contributed by atoms with Crippen LogP contribution in [0.4, 0.5) is 11.4 Å². The van der Waals surface area contributed by atoms with Crippen molar-refractivity contribution >= 4 is 40.3 Å². The SMILES string of the molecule is COc1cc(N2CC(=NNc3ccc(Cl)cc3)C(=N)C2=O)ccc1OCC(C)(C)O. The average Bonchev–Trinajstić information content (AvgIpc) is 2.99. The first kappa shape index (κ1) is 21.6. The summed E-state index contributed by atoms with van der Waals surface area (Å²) < 4.78 is 11.0. The van der Waals surface area contributed by atoms with E-state index in [9.17, 15) is 9.90 Å². The van der Waals surface area contributed by atoms with E-state index in [4.69, 9.17) is 26.5 Å². The molecule has 8 nitrogen and oxygen atoms in total. The van der Waals surface area contributed by atoms with Gasteiger partial charge >= 0.3 is 0 Å². The first-order valence-electron chi connectivity index (χ1n) is 9.20. The summed E-state index contributed by atoms with van der Waals surface area (Å²) in [5, 5.41) is 22.7. The van der Waals surface area contributed by atoms with Crippen molar-refractivity contribution in [2.24, 2.45) is 5.10 Å². The Balaban J connectivity index is 1.77. The Labute approximate surface area is 179 Å². The van der Waals surface area contributed by atoms with Gasteiger partial charge in [-0.1, -0.05) is 11.6 Å². The number of hydrogen-bond donors (Lipinski definition) is 3. The van der Waals surface area contributed by atoms with Crippen molar-refractivity contribution in [3.05, 3.63) is 47.5 Å². The van der Waals surface area contributed by atoms with E-state index < -0.39 is 11.5 Å². The van der Waals surface area contributed by atoms with Crippen molar-refractivity contribution in [2.45, 2.75) is 19.4 Å². The quantitative estimate of drug-likeness (QED) is 0.584. The van der Waals surface area contributed by atoms with Crippen molar-refractivity contribution in [1.82, 2.24) is 0 Å². The second kappa shape index (κ2) is 8.73. The lowest BCUT2D eigenvalue weighted by Gasteiger charge is -2.21. The Bertz CT molecular complexity index is 983. The van der Waals surface area contributed by atoms with E-state index in [1.54, 1.807) is 56.3 Å². The van der Waals surface area contributed by atoms with Crippen molar-refractivity contribution in [3.8, 4) is 11.5 Å². The number of nitrogens with one attached hydrogen (secondary N) is 2. The number of halogens is 1. The first-order chi connectivity index (χ1) is 14.2. The van der Waals surface area contributed by atoms with E-state index in [-0.39, 0.29) is 18.9 Å². The number of amides is 1. The average molecular weight is 431 g/mol. The molecular weight excluding hydrogens is 408 g/mol. The largest absolute Gasteiger partial charge is 0.493 e. The summed E-state index contributed by atoms with van der Waals surface area (Å²) in [4.78, 5) is 14.0. The van der Waals surface area contributed by atoms with Gasteiger partial charge in [0, 0.05) is 16.8 Å². The van der Waals surface area contributed by atoms with Crippen LogP contribution in [-0.4, -0.2) is 48.3 Å². The fourth-order valence-corrected chi connectivity index (χ4v) is 2.84. The molecule has 0 aliphatic carbocycles. The summed E-state index contributed by atoms with van der Waals surface area (Å²) >= 11 is 5.87. The number of carbonyl (C=O) groups is 1. The number of hydrazone groups is 1. The van der Waals surface area contributed by atoms with Crippen LogP contribution in [0.5, 0.6) is 11.5 Å². The number of aliphatic hydroxyl groups is 1. The highest BCUT2D eigenvalue weighted by Crippen LogP contribution is 2.33. The predicted octanol–water partition coefficient (Wildman–Crippen LogP) is 3.33. The van der Waals surface area contributed by atoms with Crippen LogP contribution in [0.2, 0.25) is 5.02 Å². The lowest BCUT2D eigenvalue weighted by molar-refractivity contribution is -0.111. The summed E-state index contributed by atoms with van der Waals surface area (Å²) in [6.07, 6.45) is 0. The zero-order valence-electron chi connectivity index (χ0n) is 16.9. The van der Waals surface area contributed by atoms with E-state index >= 15 is 0 Å². The topological polar surface area (TPSA) is 107 Å². The molecule has 1 fully saturated rings. The van der Waals surface area contributed by atoms with Crippen molar-refractivity contribution in [2.75, 3.05) is 30.6 Å². The van der Waals surface area contributed by atoms with Gasteiger partial charge in [-0.25, -0.2) is 0 Å². The van der Waals surface area contributed by atoms with Crippen LogP contribution in [0.3, 0.4) is 0 Å². The maximum absolute atomic E-state index is 12.6. The number of nitrogens with zero attached hydrogens (tertiary/aromatic N) is 2. The molecule has 3 N–H and O–H groups in total. The van der Waals surface area contributed by atoms with E-state index in [1.165, 1.54) is 12.0 Å². The second-order valence-corrected chi connectivity index (χ2v) is 7.82. The summed E-state index contributed by atoms with van der Waals surface area (Å²) in [7, 11) is 1.49. The summed E-state index contributed by atoms with van der Waals surface area (Å²) in [6.45, 7) is 3.51. The number of rotatable bonds is 7. The minimum atomic E-state index is -0.994. The van der Waals surface area contributed by atoms with E-state index in [0.717, 1.165) is 0 Å². The zero-order chi connectivity index (χ0) is 21.9. The van der Waals surface area contributed by atoms with Crippen molar-refractivity contribution < 1.29 is 19.4 Å². The highest BCUT2D eigenvalue weighted by Gasteiger charge is 2.34. The molecule has 1 amide bonds. The maximum Gasteiger partial charge on any atom is 0.278 e. The molecule has 1 heterocycles. The van der Waals surface area contributed by atoms with E-state index in [2.05, 4.69) is 10.5 Å². The van der Waals surface area contributed by atoms with Gasteiger partial charge in [0.1, 0.15) is 18.0 Å². The monoisotopic (exact) mass is 430 g/mol. The normalized spacial score (nSPS) is 15.6. The molecule has 2 aromatic rings. The van der Waals surface area contributed by atoms with Gasteiger partial charge < -0.3 is 19.5 Å². The lowest BCUT2D eigenvalue weighted by Crippen LogP contribution is -2.28. The molecule has 0 radical (unpaired) electrons. The summed E-state index contributed by atoms with van der Waals surface area (Å²) in [5.74, 6) is 0.406. The van der Waals surface area contributed by atoms with E-state index in [1.807, 2.05) is 0 Å². The Morgan fingerprint density at radius 2 is 1.93 bits per heavy atom. The number of ether oxygens (including phenoxy) is 2. The Hall–Kier alpha value is -3.10. The van der Waals surface area contributed by atoms with Crippen LogP contribution in [0.15, 0.2) is 47.6 Å². The third kappa shape index (κ3) is 5.08. The van der Waals surface area contributed by atoms with Gasteiger partial charge in [0.25, 0.3) is 5.91 Å².